The molecule has 1 amide bonds. The molecule has 1 aromatic heterocycles. The Labute approximate surface area is 137 Å². The largest absolute Gasteiger partial charge is 0.444 e. The second-order valence-corrected chi connectivity index (χ2v) is 8.04. The zero-order chi connectivity index (χ0) is 16.3. The first-order chi connectivity index (χ1) is 10.2. The molecule has 1 aliphatic heterocycles. The van der Waals surface area contributed by atoms with Gasteiger partial charge in [-0.15, -0.1) is 11.8 Å². The molecule has 2 heterocycles. The van der Waals surface area contributed by atoms with Crippen molar-refractivity contribution >= 4 is 17.9 Å². The molecule has 1 fully saturated rings. The van der Waals surface area contributed by atoms with Gasteiger partial charge in [0.25, 0.3) is 0 Å². The second-order valence-electron chi connectivity index (χ2n) is 6.97. The maximum absolute atomic E-state index is 12.0. The second kappa shape index (κ2) is 6.94. The Morgan fingerprint density at radius 2 is 2.05 bits per heavy atom. The van der Waals surface area contributed by atoms with Gasteiger partial charge in [-0.2, -0.15) is 5.10 Å². The molecule has 0 unspecified atom stereocenters. The highest BCUT2D eigenvalue weighted by Crippen LogP contribution is 2.28. The van der Waals surface area contributed by atoms with Crippen LogP contribution in [-0.2, 0) is 11.8 Å². The molecule has 124 valence electrons. The number of carbonyl (C=O) groups excluding carboxylic acids is 1. The summed E-state index contributed by atoms with van der Waals surface area (Å²) in [5.74, 6) is 1.75. The monoisotopic (exact) mass is 325 g/mol. The minimum Gasteiger partial charge on any atom is -0.444 e. The number of nitrogens with zero attached hydrogens (tertiary/aromatic N) is 3. The lowest BCUT2D eigenvalue weighted by Crippen LogP contribution is -2.42. The fourth-order valence-electron chi connectivity index (χ4n) is 2.54. The summed E-state index contributed by atoms with van der Waals surface area (Å²) in [6, 6.07) is 0. The van der Waals surface area contributed by atoms with Gasteiger partial charge in [0.15, 0.2) is 0 Å². The standard InChI is InChI=1S/C16H27N3O2S/c1-12-14(10-18(5)17-12)22-11-13-6-8-19(9-7-13)15(20)21-16(2,3)4/h10,13H,6-9,11H2,1-5H3. The van der Waals surface area contributed by atoms with Crippen molar-refractivity contribution in [2.24, 2.45) is 13.0 Å². The minimum atomic E-state index is -0.415. The van der Waals surface area contributed by atoms with Crippen molar-refractivity contribution in [2.75, 3.05) is 18.8 Å². The summed E-state index contributed by atoms with van der Waals surface area (Å²) >= 11 is 1.88. The van der Waals surface area contributed by atoms with Crippen LogP contribution >= 0.6 is 11.8 Å². The molecule has 0 atom stereocenters. The van der Waals surface area contributed by atoms with Crippen molar-refractivity contribution in [3.63, 3.8) is 0 Å². The summed E-state index contributed by atoms with van der Waals surface area (Å²) in [5, 5.41) is 4.37. The number of hydrogen-bond acceptors (Lipinski definition) is 4. The third kappa shape index (κ3) is 4.93. The van der Waals surface area contributed by atoms with Gasteiger partial charge in [0.1, 0.15) is 5.60 Å². The topological polar surface area (TPSA) is 47.4 Å². The highest BCUT2D eigenvalue weighted by atomic mass is 32.2. The number of rotatable bonds is 3. The predicted molar refractivity (Wildman–Crippen MR) is 89.2 cm³/mol. The van der Waals surface area contributed by atoms with E-state index < -0.39 is 5.60 Å². The lowest BCUT2D eigenvalue weighted by atomic mass is 9.99. The van der Waals surface area contributed by atoms with Crippen LogP contribution in [-0.4, -0.2) is 45.2 Å². The Hall–Kier alpha value is -1.17. The van der Waals surface area contributed by atoms with Crippen LogP contribution < -0.4 is 0 Å². The van der Waals surface area contributed by atoms with Crippen LogP contribution in [0.5, 0.6) is 0 Å². The molecule has 1 saturated heterocycles. The molecule has 2 rings (SSSR count). The van der Waals surface area contributed by atoms with Gasteiger partial charge in [-0.05, 0) is 46.5 Å². The first-order valence-electron chi connectivity index (χ1n) is 7.85. The molecule has 0 saturated carbocycles. The van der Waals surface area contributed by atoms with Crippen molar-refractivity contribution in [1.82, 2.24) is 14.7 Å². The van der Waals surface area contributed by atoms with E-state index in [-0.39, 0.29) is 6.09 Å². The molecule has 0 bridgehead atoms. The summed E-state index contributed by atoms with van der Waals surface area (Å²) < 4.78 is 7.29. The quantitative estimate of drug-likeness (QED) is 0.798. The molecular formula is C16H27N3O2S. The molecule has 0 N–H and O–H groups in total. The Balaban J connectivity index is 1.75. The van der Waals surface area contributed by atoms with E-state index in [2.05, 4.69) is 11.3 Å². The molecule has 6 heteroatoms. The third-order valence-electron chi connectivity index (χ3n) is 3.71. The summed E-state index contributed by atoms with van der Waals surface area (Å²) in [6.07, 6.45) is 3.99. The third-order valence-corrected chi connectivity index (χ3v) is 5.06. The number of likely N-dealkylation sites (tertiary alicyclic amines) is 1. The van der Waals surface area contributed by atoms with Crippen molar-refractivity contribution in [3.8, 4) is 0 Å². The van der Waals surface area contributed by atoms with Gasteiger partial charge in [-0.3, -0.25) is 4.68 Å². The van der Waals surface area contributed by atoms with Gasteiger partial charge in [0.2, 0.25) is 0 Å². The van der Waals surface area contributed by atoms with Crippen molar-refractivity contribution in [3.05, 3.63) is 11.9 Å². The van der Waals surface area contributed by atoms with Gasteiger partial charge in [-0.25, -0.2) is 4.79 Å². The van der Waals surface area contributed by atoms with Crippen molar-refractivity contribution < 1.29 is 9.53 Å². The zero-order valence-electron chi connectivity index (χ0n) is 14.3. The van der Waals surface area contributed by atoms with Crippen molar-refractivity contribution in [2.45, 2.75) is 51.0 Å². The maximum atomic E-state index is 12.0. The molecule has 0 aliphatic carbocycles. The van der Waals surface area contributed by atoms with Gasteiger partial charge < -0.3 is 9.64 Å². The van der Waals surface area contributed by atoms with Crippen LogP contribution in [0, 0.1) is 12.8 Å². The molecule has 0 radical (unpaired) electrons. The van der Waals surface area contributed by atoms with E-state index in [4.69, 9.17) is 4.74 Å². The lowest BCUT2D eigenvalue weighted by molar-refractivity contribution is 0.0191. The number of ether oxygens (including phenoxy) is 1. The summed E-state index contributed by atoms with van der Waals surface area (Å²) in [5.41, 5.74) is 0.681. The minimum absolute atomic E-state index is 0.179. The highest BCUT2D eigenvalue weighted by Gasteiger charge is 2.26. The summed E-state index contributed by atoms with van der Waals surface area (Å²) in [6.45, 7) is 9.37. The van der Waals surface area contributed by atoms with Crippen molar-refractivity contribution in [1.29, 1.82) is 0 Å². The summed E-state index contributed by atoms with van der Waals surface area (Å²) in [7, 11) is 1.95. The van der Waals surface area contributed by atoms with Crippen LogP contribution in [0.1, 0.15) is 39.3 Å². The fourth-order valence-corrected chi connectivity index (χ4v) is 3.76. The number of hydrogen-bond donors (Lipinski definition) is 0. The molecule has 5 nitrogen and oxygen atoms in total. The maximum Gasteiger partial charge on any atom is 0.410 e. The number of aryl methyl sites for hydroxylation is 2. The number of aromatic nitrogens is 2. The summed E-state index contributed by atoms with van der Waals surface area (Å²) in [4.78, 5) is 15.1. The first-order valence-corrected chi connectivity index (χ1v) is 8.84. The Morgan fingerprint density at radius 3 is 2.55 bits per heavy atom. The van der Waals surface area contributed by atoms with Gasteiger partial charge in [-0.1, -0.05) is 0 Å². The van der Waals surface area contributed by atoms with E-state index in [0.717, 1.165) is 37.4 Å². The SMILES string of the molecule is Cc1nn(C)cc1SCC1CCN(C(=O)OC(C)(C)C)CC1. The van der Waals surface area contributed by atoms with E-state index in [1.54, 1.807) is 0 Å². The van der Waals surface area contributed by atoms with Crippen LogP contribution in [0.2, 0.25) is 0 Å². The van der Waals surface area contributed by atoms with E-state index in [0.29, 0.717) is 5.92 Å². The van der Waals surface area contributed by atoms with E-state index in [1.165, 1.54) is 4.90 Å². The zero-order valence-corrected chi connectivity index (χ0v) is 15.1. The molecule has 22 heavy (non-hydrogen) atoms. The number of amides is 1. The number of carbonyl (C=O) groups is 1. The average molecular weight is 325 g/mol. The lowest BCUT2D eigenvalue weighted by Gasteiger charge is -2.33. The molecule has 0 spiro atoms. The Kier molecular flexibility index (Phi) is 5.42. The Morgan fingerprint density at radius 1 is 1.41 bits per heavy atom. The van der Waals surface area contributed by atoms with Gasteiger partial charge in [0.05, 0.1) is 5.69 Å². The molecule has 0 aromatic carbocycles. The van der Waals surface area contributed by atoms with E-state index in [9.17, 15) is 4.79 Å². The molecule has 1 aromatic rings. The van der Waals surface area contributed by atoms with Crippen LogP contribution in [0.25, 0.3) is 0 Å². The number of thioether (sulfide) groups is 1. The normalized spacial score (nSPS) is 16.9. The highest BCUT2D eigenvalue weighted by molar-refractivity contribution is 7.99. The average Bonchev–Trinajstić information content (AvgIpc) is 2.73. The van der Waals surface area contributed by atoms with E-state index >= 15 is 0 Å². The molecular weight excluding hydrogens is 298 g/mol. The molecule has 1 aliphatic rings. The first kappa shape index (κ1) is 17.2. The smallest absolute Gasteiger partial charge is 0.410 e. The fraction of sp³-hybridized carbons (Fsp3) is 0.750. The Bertz CT molecular complexity index is 514. The van der Waals surface area contributed by atoms with Gasteiger partial charge >= 0.3 is 6.09 Å². The van der Waals surface area contributed by atoms with Crippen LogP contribution in [0.3, 0.4) is 0 Å². The van der Waals surface area contributed by atoms with Crippen LogP contribution in [0.15, 0.2) is 11.1 Å². The number of piperidine rings is 1. The van der Waals surface area contributed by atoms with Gasteiger partial charge in [0, 0.05) is 37.0 Å². The van der Waals surface area contributed by atoms with E-state index in [1.807, 2.05) is 56.1 Å². The predicted octanol–water partition coefficient (Wildman–Crippen LogP) is 3.47. The van der Waals surface area contributed by atoms with Crippen LogP contribution in [0.4, 0.5) is 4.79 Å².